The molecule has 8 unspecified atom stereocenters. The lowest BCUT2D eigenvalue weighted by molar-refractivity contribution is -0.148. The molecule has 0 aromatic carbocycles. The fourth-order valence-corrected chi connectivity index (χ4v) is 8.09. The fourth-order valence-electron chi connectivity index (χ4n) is 8.09. The topological polar surface area (TPSA) is 371 Å². The third-order valence-corrected chi connectivity index (χ3v) is 11.7. The summed E-state index contributed by atoms with van der Waals surface area (Å²) in [6, 6.07) is -6.97. The van der Waals surface area contributed by atoms with Crippen molar-refractivity contribution in [1.82, 2.24) is 39.2 Å². The largest absolute Gasteiger partial charge is 0.480 e. The summed E-state index contributed by atoms with van der Waals surface area (Å²) in [5, 5.41) is 121. The van der Waals surface area contributed by atoms with Crippen LogP contribution in [0, 0.1) is 0 Å². The number of rotatable bonds is 15. The number of carbonyl (C=O) groups is 6. The molecule has 62 heavy (non-hydrogen) atoms. The average Bonchev–Trinajstić information content (AvgIpc) is 3.20. The third kappa shape index (κ3) is 15.8. The molecule has 2 fully saturated rings. The zero-order valence-corrected chi connectivity index (χ0v) is 35.2. The van der Waals surface area contributed by atoms with E-state index in [2.05, 4.69) is 0 Å². The van der Waals surface area contributed by atoms with Crippen LogP contribution in [0.3, 0.4) is 0 Å². The number of aliphatic carboxylic acids is 2. The lowest BCUT2D eigenvalue weighted by Gasteiger charge is -2.41. The Morgan fingerprint density at radius 2 is 0.710 bits per heavy atom. The van der Waals surface area contributed by atoms with Crippen molar-refractivity contribution in [2.45, 2.75) is 75.1 Å². The van der Waals surface area contributed by atoms with Crippen molar-refractivity contribution in [3.8, 4) is 0 Å². The smallest absolute Gasteiger partial charge is 0.407 e. The normalized spacial score (nSPS) is 23.6. The van der Waals surface area contributed by atoms with Crippen LogP contribution in [0.25, 0.3) is 0 Å². The van der Waals surface area contributed by atoms with Gasteiger partial charge in [0.15, 0.2) is 0 Å². The molecule has 0 aromatic rings. The Bertz CT molecular complexity index is 1350. The molecule has 2 aliphatic rings. The van der Waals surface area contributed by atoms with E-state index in [-0.39, 0.29) is 104 Å². The van der Waals surface area contributed by atoms with Gasteiger partial charge < -0.3 is 80.9 Å². The molecule has 2 aliphatic heterocycles. The first-order valence-corrected chi connectivity index (χ1v) is 20.4. The predicted octanol–water partition coefficient (Wildman–Crippen LogP) is -3.97. The van der Waals surface area contributed by atoms with E-state index in [9.17, 15) is 90.0 Å². The van der Waals surface area contributed by atoms with Crippen LogP contribution in [0.5, 0.6) is 0 Å². The minimum Gasteiger partial charge on any atom is -0.480 e. The van der Waals surface area contributed by atoms with Crippen molar-refractivity contribution < 1.29 is 90.0 Å². The second-order valence-corrected chi connectivity index (χ2v) is 15.5. The molecule has 2 saturated heterocycles. The molecule has 0 aliphatic carbocycles. The Hall–Kier alpha value is -4.38. The minimum atomic E-state index is -1.51. The highest BCUT2D eigenvalue weighted by atomic mass is 16.4. The van der Waals surface area contributed by atoms with E-state index in [4.69, 9.17) is 0 Å². The van der Waals surface area contributed by atoms with Crippen LogP contribution >= 0.6 is 0 Å². The zero-order chi connectivity index (χ0) is 46.8. The van der Waals surface area contributed by atoms with E-state index in [1.165, 1.54) is 33.4 Å². The van der Waals surface area contributed by atoms with Crippen LogP contribution in [0.4, 0.5) is 19.2 Å². The SMILES string of the molecule is CC1CN(C(=O)O)CCN(C(CO)C(O)CO)CCN(C(=O)O)CCN1C(CCC(C(=O)O)N1CCN(C(=O)O)CCN(C(CO)C(O)CO)CCN(C(=O)O)CC1C)C(=O)O. The van der Waals surface area contributed by atoms with E-state index < -0.39 is 111 Å². The number of aliphatic hydroxyl groups excluding tert-OH is 6. The summed E-state index contributed by atoms with van der Waals surface area (Å²) >= 11 is 0. The van der Waals surface area contributed by atoms with E-state index in [0.717, 1.165) is 19.6 Å². The first kappa shape index (κ1) is 53.8. The lowest BCUT2D eigenvalue weighted by atomic mass is 10.00. The molecular weight excluding hydrogens is 832 g/mol. The molecule has 26 heteroatoms. The number of carboxylic acid groups (broad SMARTS) is 6. The molecule has 0 bridgehead atoms. The second-order valence-electron chi connectivity index (χ2n) is 15.5. The van der Waals surface area contributed by atoms with Crippen molar-refractivity contribution in [1.29, 1.82) is 0 Å². The number of nitrogens with zero attached hydrogens (tertiary/aromatic N) is 8. The van der Waals surface area contributed by atoms with Crippen LogP contribution < -0.4 is 0 Å². The maximum atomic E-state index is 13.0. The zero-order valence-electron chi connectivity index (χ0n) is 35.2. The maximum absolute atomic E-state index is 13.0. The highest BCUT2D eigenvalue weighted by Gasteiger charge is 2.38. The van der Waals surface area contributed by atoms with Gasteiger partial charge in [0.25, 0.3) is 0 Å². The van der Waals surface area contributed by atoms with Crippen LogP contribution in [-0.4, -0.2) is 303 Å². The molecule has 0 saturated carbocycles. The van der Waals surface area contributed by atoms with Crippen molar-refractivity contribution >= 4 is 36.3 Å². The van der Waals surface area contributed by atoms with Gasteiger partial charge in [-0.3, -0.25) is 29.2 Å². The monoisotopic (exact) mass is 898 g/mol. The Balaban J connectivity index is 2.50. The van der Waals surface area contributed by atoms with Crippen LogP contribution in [0.1, 0.15) is 26.7 Å². The number of amides is 4. The standard InChI is InChI=1S/C36H66N8O18/c1-23-17-41(35(59)60)11-7-37(27(19-45)29(49)21-47)5-9-39(33(55)56)13-15-43(23)25(31(51)52)3-4-26(32(53)54)44-16-14-40(34(57)58)10-6-38(28(20-46)30(50)22-48)8-12-42(36(61)62)18-24(44)2/h23-30,45-50H,3-22H2,1-2H3,(H,51,52)(H,53,54)(H,55,56)(H,57,58)(H,59,60)(H,61,62). The summed E-state index contributed by atoms with van der Waals surface area (Å²) in [6.45, 7) is -2.79. The number of hydrogen-bond acceptors (Lipinski definition) is 16. The molecule has 8 atom stereocenters. The van der Waals surface area contributed by atoms with Gasteiger partial charge in [-0.1, -0.05) is 0 Å². The van der Waals surface area contributed by atoms with Gasteiger partial charge >= 0.3 is 36.3 Å². The van der Waals surface area contributed by atoms with Gasteiger partial charge in [0.05, 0.1) is 50.7 Å². The number of carboxylic acids is 2. The lowest BCUT2D eigenvalue weighted by Crippen LogP contribution is -2.58. The molecule has 2 heterocycles. The first-order chi connectivity index (χ1) is 29.2. The minimum absolute atomic E-state index is 0.110. The van der Waals surface area contributed by atoms with E-state index in [1.807, 2.05) is 0 Å². The molecular formula is C36H66N8O18. The summed E-state index contributed by atoms with van der Waals surface area (Å²) in [5.74, 6) is -2.86. The van der Waals surface area contributed by atoms with Gasteiger partial charge in [-0.15, -0.1) is 0 Å². The van der Waals surface area contributed by atoms with Gasteiger partial charge in [-0.2, -0.15) is 0 Å². The van der Waals surface area contributed by atoms with Crippen molar-refractivity contribution in [3.63, 3.8) is 0 Å². The molecule has 26 nitrogen and oxygen atoms in total. The predicted molar refractivity (Wildman–Crippen MR) is 214 cm³/mol. The summed E-state index contributed by atoms with van der Waals surface area (Å²) in [5.41, 5.74) is 0. The van der Waals surface area contributed by atoms with Crippen molar-refractivity contribution in [2.24, 2.45) is 0 Å². The van der Waals surface area contributed by atoms with Gasteiger partial charge in [-0.05, 0) is 26.7 Å². The highest BCUT2D eigenvalue weighted by Crippen LogP contribution is 2.21. The van der Waals surface area contributed by atoms with Crippen LogP contribution in [0.15, 0.2) is 0 Å². The average molecular weight is 899 g/mol. The number of aliphatic hydroxyl groups is 6. The summed E-state index contributed by atoms with van der Waals surface area (Å²) < 4.78 is 0. The van der Waals surface area contributed by atoms with Crippen molar-refractivity contribution in [2.75, 3.05) is 118 Å². The van der Waals surface area contributed by atoms with E-state index in [0.29, 0.717) is 0 Å². The van der Waals surface area contributed by atoms with Gasteiger partial charge in [0.1, 0.15) is 12.1 Å². The Morgan fingerprint density at radius 3 is 0.952 bits per heavy atom. The van der Waals surface area contributed by atoms with Gasteiger partial charge in [0, 0.05) is 104 Å². The van der Waals surface area contributed by atoms with E-state index >= 15 is 0 Å². The molecule has 358 valence electrons. The second kappa shape index (κ2) is 26.3. The molecule has 0 spiro atoms. The Labute approximate surface area is 358 Å². The number of hydrogen-bond donors (Lipinski definition) is 12. The summed E-state index contributed by atoms with van der Waals surface area (Å²) in [7, 11) is 0. The first-order valence-electron chi connectivity index (χ1n) is 20.4. The Kier molecular flexibility index (Phi) is 22.8. The van der Waals surface area contributed by atoms with Gasteiger partial charge in [-0.25, -0.2) is 19.2 Å². The highest BCUT2D eigenvalue weighted by molar-refractivity contribution is 5.75. The third-order valence-electron chi connectivity index (χ3n) is 11.7. The summed E-state index contributed by atoms with van der Waals surface area (Å²) in [4.78, 5) is 85.3. The molecule has 4 amide bonds. The van der Waals surface area contributed by atoms with E-state index in [1.54, 1.807) is 0 Å². The van der Waals surface area contributed by atoms with Crippen LogP contribution in [-0.2, 0) is 9.59 Å². The van der Waals surface area contributed by atoms with Crippen LogP contribution in [0.2, 0.25) is 0 Å². The molecule has 0 radical (unpaired) electrons. The Morgan fingerprint density at radius 1 is 0.435 bits per heavy atom. The van der Waals surface area contributed by atoms with Crippen molar-refractivity contribution in [3.05, 3.63) is 0 Å². The van der Waals surface area contributed by atoms with Gasteiger partial charge in [0.2, 0.25) is 0 Å². The fraction of sp³-hybridized carbons (Fsp3) is 0.833. The maximum Gasteiger partial charge on any atom is 0.407 e. The molecule has 0 aromatic heterocycles. The molecule has 12 N–H and O–H groups in total. The summed E-state index contributed by atoms with van der Waals surface area (Å²) in [6.07, 6.45) is -9.20. The molecule has 2 rings (SSSR count). The quantitative estimate of drug-likeness (QED) is 0.0746.